The molecular weight excluding hydrogens is 461 g/mol. The summed E-state index contributed by atoms with van der Waals surface area (Å²) in [4.78, 5) is 41.5. The SMILES string of the molecule is O=C(N[C@H](C(=O)N1CCC[C@H]1C(=O)NC1CCCC1)C1CCCCC1)c1ccc(Cl)c(Cl)c1. The smallest absolute Gasteiger partial charge is 0.251 e. The molecule has 3 fully saturated rings. The van der Waals surface area contributed by atoms with E-state index in [1.165, 1.54) is 6.07 Å². The van der Waals surface area contributed by atoms with Gasteiger partial charge in [0, 0.05) is 18.2 Å². The fraction of sp³-hybridized carbons (Fsp3) is 0.640. The second kappa shape index (κ2) is 11.1. The topological polar surface area (TPSA) is 78.5 Å². The third kappa shape index (κ3) is 5.83. The quantitative estimate of drug-likeness (QED) is 0.601. The van der Waals surface area contributed by atoms with E-state index in [9.17, 15) is 14.4 Å². The van der Waals surface area contributed by atoms with Crippen LogP contribution in [0.25, 0.3) is 0 Å². The molecular formula is C25H33Cl2N3O3. The van der Waals surface area contributed by atoms with Gasteiger partial charge < -0.3 is 15.5 Å². The van der Waals surface area contributed by atoms with Crippen molar-refractivity contribution in [3.63, 3.8) is 0 Å². The first-order valence-corrected chi connectivity index (χ1v) is 13.1. The average molecular weight is 494 g/mol. The Bertz CT molecular complexity index is 882. The van der Waals surface area contributed by atoms with E-state index in [1.54, 1.807) is 17.0 Å². The van der Waals surface area contributed by atoms with Gasteiger partial charge in [-0.15, -0.1) is 0 Å². The molecule has 6 nitrogen and oxygen atoms in total. The molecule has 0 aromatic heterocycles. The molecule has 2 atom stereocenters. The lowest BCUT2D eigenvalue weighted by atomic mass is 9.83. The Labute approximate surface area is 205 Å². The van der Waals surface area contributed by atoms with Crippen molar-refractivity contribution in [2.24, 2.45) is 5.92 Å². The molecule has 0 bridgehead atoms. The molecule has 2 N–H and O–H groups in total. The molecule has 8 heteroatoms. The zero-order chi connectivity index (χ0) is 23.4. The molecule has 3 aliphatic rings. The van der Waals surface area contributed by atoms with E-state index in [2.05, 4.69) is 10.6 Å². The van der Waals surface area contributed by atoms with Gasteiger partial charge in [-0.25, -0.2) is 0 Å². The van der Waals surface area contributed by atoms with Gasteiger partial charge in [0.2, 0.25) is 11.8 Å². The van der Waals surface area contributed by atoms with Crippen LogP contribution >= 0.6 is 23.2 Å². The van der Waals surface area contributed by atoms with Crippen molar-refractivity contribution in [2.75, 3.05) is 6.54 Å². The molecule has 1 aliphatic heterocycles. The first-order chi connectivity index (χ1) is 15.9. The molecule has 33 heavy (non-hydrogen) atoms. The summed E-state index contributed by atoms with van der Waals surface area (Å²) in [7, 11) is 0. The van der Waals surface area contributed by atoms with Gasteiger partial charge in [0.15, 0.2) is 0 Å². The van der Waals surface area contributed by atoms with Crippen LogP contribution in [0.5, 0.6) is 0 Å². The summed E-state index contributed by atoms with van der Waals surface area (Å²) in [5, 5.41) is 6.83. The van der Waals surface area contributed by atoms with Crippen LogP contribution in [0, 0.1) is 5.92 Å². The minimum atomic E-state index is -0.646. The molecule has 2 aliphatic carbocycles. The van der Waals surface area contributed by atoms with Crippen LogP contribution in [0.4, 0.5) is 0 Å². The van der Waals surface area contributed by atoms with Crippen LogP contribution in [0.2, 0.25) is 10.0 Å². The molecule has 180 valence electrons. The van der Waals surface area contributed by atoms with Gasteiger partial charge >= 0.3 is 0 Å². The van der Waals surface area contributed by atoms with Crippen molar-refractivity contribution in [1.82, 2.24) is 15.5 Å². The molecule has 1 aromatic carbocycles. The van der Waals surface area contributed by atoms with Gasteiger partial charge in [0.1, 0.15) is 12.1 Å². The zero-order valence-corrected chi connectivity index (χ0v) is 20.5. The number of amides is 3. The van der Waals surface area contributed by atoms with E-state index in [1.807, 2.05) is 0 Å². The Hall–Kier alpha value is -1.79. The van der Waals surface area contributed by atoms with Crippen molar-refractivity contribution in [3.05, 3.63) is 33.8 Å². The predicted octanol–water partition coefficient (Wildman–Crippen LogP) is 4.72. The van der Waals surface area contributed by atoms with Crippen LogP contribution in [-0.2, 0) is 9.59 Å². The van der Waals surface area contributed by atoms with Crippen LogP contribution in [-0.4, -0.2) is 47.3 Å². The van der Waals surface area contributed by atoms with Crippen molar-refractivity contribution < 1.29 is 14.4 Å². The van der Waals surface area contributed by atoms with E-state index < -0.39 is 12.1 Å². The van der Waals surface area contributed by atoms with E-state index in [-0.39, 0.29) is 29.7 Å². The first kappa shape index (κ1) is 24.3. The van der Waals surface area contributed by atoms with Crippen molar-refractivity contribution in [1.29, 1.82) is 0 Å². The monoisotopic (exact) mass is 493 g/mol. The summed E-state index contributed by atoms with van der Waals surface area (Å²) < 4.78 is 0. The van der Waals surface area contributed by atoms with E-state index in [4.69, 9.17) is 23.2 Å². The minimum Gasteiger partial charge on any atom is -0.352 e. The number of likely N-dealkylation sites (tertiary alicyclic amines) is 1. The van der Waals surface area contributed by atoms with E-state index in [0.717, 1.165) is 64.2 Å². The highest BCUT2D eigenvalue weighted by Crippen LogP contribution is 2.30. The van der Waals surface area contributed by atoms with Gasteiger partial charge in [0.25, 0.3) is 5.91 Å². The second-order valence-electron chi connectivity index (χ2n) is 9.66. The number of benzene rings is 1. The van der Waals surface area contributed by atoms with Crippen molar-refractivity contribution in [2.45, 2.75) is 88.8 Å². The molecule has 0 spiro atoms. The highest BCUT2D eigenvalue weighted by molar-refractivity contribution is 6.42. The number of hydrogen-bond donors (Lipinski definition) is 2. The van der Waals surface area contributed by atoms with Gasteiger partial charge in [-0.2, -0.15) is 0 Å². The Morgan fingerprint density at radius 2 is 1.58 bits per heavy atom. The largest absolute Gasteiger partial charge is 0.352 e. The Balaban J connectivity index is 1.50. The van der Waals surface area contributed by atoms with E-state index >= 15 is 0 Å². The molecule has 0 unspecified atom stereocenters. The minimum absolute atomic E-state index is 0.0500. The summed E-state index contributed by atoms with van der Waals surface area (Å²) in [6.07, 6.45) is 10.8. The molecule has 1 heterocycles. The number of rotatable bonds is 6. The molecule has 3 amide bonds. The Morgan fingerprint density at radius 3 is 2.27 bits per heavy atom. The second-order valence-corrected chi connectivity index (χ2v) is 10.5. The van der Waals surface area contributed by atoms with Gasteiger partial charge in [-0.1, -0.05) is 55.3 Å². The Kier molecular flexibility index (Phi) is 8.18. The zero-order valence-electron chi connectivity index (χ0n) is 19.0. The lowest BCUT2D eigenvalue weighted by Crippen LogP contribution is -2.56. The Morgan fingerprint density at radius 1 is 0.879 bits per heavy atom. The predicted molar refractivity (Wildman–Crippen MR) is 129 cm³/mol. The lowest BCUT2D eigenvalue weighted by molar-refractivity contribution is -0.141. The van der Waals surface area contributed by atoms with Crippen LogP contribution in [0.15, 0.2) is 18.2 Å². The number of hydrogen-bond acceptors (Lipinski definition) is 3. The number of nitrogens with one attached hydrogen (secondary N) is 2. The molecule has 0 radical (unpaired) electrons. The van der Waals surface area contributed by atoms with Gasteiger partial charge in [-0.3, -0.25) is 14.4 Å². The van der Waals surface area contributed by atoms with Crippen molar-refractivity contribution in [3.8, 4) is 0 Å². The lowest BCUT2D eigenvalue weighted by Gasteiger charge is -2.35. The molecule has 1 saturated heterocycles. The summed E-state index contributed by atoms with van der Waals surface area (Å²) >= 11 is 12.1. The van der Waals surface area contributed by atoms with Crippen molar-refractivity contribution >= 4 is 40.9 Å². The highest BCUT2D eigenvalue weighted by atomic mass is 35.5. The van der Waals surface area contributed by atoms with Crippen LogP contribution < -0.4 is 10.6 Å². The highest BCUT2D eigenvalue weighted by Gasteiger charge is 2.41. The van der Waals surface area contributed by atoms with Crippen LogP contribution in [0.1, 0.15) is 81.0 Å². The standard InChI is InChI=1S/C25H33Cl2N3O3/c26-19-13-12-17(15-20(19)27)23(31)29-22(16-7-2-1-3-8-16)25(33)30-14-6-11-21(30)24(32)28-18-9-4-5-10-18/h12-13,15-16,18,21-22H,1-11,14H2,(H,28,32)(H,29,31)/t21-,22-/m0/s1. The molecule has 4 rings (SSSR count). The maximum Gasteiger partial charge on any atom is 0.251 e. The average Bonchev–Trinajstić information content (AvgIpc) is 3.51. The fourth-order valence-electron chi connectivity index (χ4n) is 5.56. The third-order valence-corrected chi connectivity index (χ3v) is 8.13. The summed E-state index contributed by atoms with van der Waals surface area (Å²) in [6.45, 7) is 0.549. The normalized spacial score (nSPS) is 22.8. The summed E-state index contributed by atoms with van der Waals surface area (Å²) in [6, 6.07) is 3.84. The first-order valence-electron chi connectivity index (χ1n) is 12.3. The number of halogens is 2. The van der Waals surface area contributed by atoms with Crippen LogP contribution in [0.3, 0.4) is 0 Å². The molecule has 2 saturated carbocycles. The van der Waals surface area contributed by atoms with E-state index in [0.29, 0.717) is 28.6 Å². The van der Waals surface area contributed by atoms with Gasteiger partial charge in [-0.05, 0) is 62.6 Å². The number of nitrogens with zero attached hydrogens (tertiary/aromatic N) is 1. The molecule has 1 aromatic rings. The number of carbonyl (C=O) groups is 3. The van der Waals surface area contributed by atoms with Gasteiger partial charge in [0.05, 0.1) is 10.0 Å². The maximum absolute atomic E-state index is 13.8. The fourth-order valence-corrected chi connectivity index (χ4v) is 5.86. The maximum atomic E-state index is 13.8. The number of carbonyl (C=O) groups excluding carboxylic acids is 3. The summed E-state index contributed by atoms with van der Waals surface area (Å²) in [5.74, 6) is -0.467. The third-order valence-electron chi connectivity index (χ3n) is 7.40. The summed E-state index contributed by atoms with van der Waals surface area (Å²) in [5.41, 5.74) is 0.370.